The van der Waals surface area contributed by atoms with E-state index < -0.39 is 0 Å². The van der Waals surface area contributed by atoms with Crippen LogP contribution < -0.4 is 10.6 Å². The van der Waals surface area contributed by atoms with Crippen LogP contribution in [0.1, 0.15) is 30.2 Å². The molecule has 2 N–H and O–H groups in total. The summed E-state index contributed by atoms with van der Waals surface area (Å²) in [5.74, 6) is 1.86. The third kappa shape index (κ3) is 6.11. The molecule has 0 saturated carbocycles. The first kappa shape index (κ1) is 20.4. The molecule has 0 bridgehead atoms. The van der Waals surface area contributed by atoms with Crippen LogP contribution in [0.5, 0.6) is 0 Å². The number of hydrogen-bond acceptors (Lipinski definition) is 4. The van der Waals surface area contributed by atoms with E-state index in [-0.39, 0.29) is 6.04 Å². The van der Waals surface area contributed by atoms with Gasteiger partial charge in [0.15, 0.2) is 5.96 Å². The molecule has 28 heavy (non-hydrogen) atoms. The lowest BCUT2D eigenvalue weighted by Gasteiger charge is -2.27. The van der Waals surface area contributed by atoms with E-state index in [0.29, 0.717) is 0 Å². The zero-order valence-corrected chi connectivity index (χ0v) is 17.1. The molecule has 1 fully saturated rings. The summed E-state index contributed by atoms with van der Waals surface area (Å²) in [4.78, 5) is 9.18. The van der Waals surface area contributed by atoms with Gasteiger partial charge in [-0.05, 0) is 50.7 Å². The highest BCUT2D eigenvalue weighted by Gasteiger charge is 2.25. The quantitative estimate of drug-likeness (QED) is 0.515. The molecule has 0 aliphatic carbocycles. The highest BCUT2D eigenvalue weighted by Crippen LogP contribution is 2.24. The molecule has 3 rings (SSSR count). The van der Waals surface area contributed by atoms with Crippen molar-refractivity contribution < 1.29 is 4.42 Å². The predicted molar refractivity (Wildman–Crippen MR) is 114 cm³/mol. The summed E-state index contributed by atoms with van der Waals surface area (Å²) in [6.07, 6.45) is 4.28. The van der Waals surface area contributed by atoms with E-state index in [9.17, 15) is 0 Å². The number of aliphatic imine (C=N–C) groups is 1. The molecule has 1 saturated heterocycles. The van der Waals surface area contributed by atoms with Gasteiger partial charge in [-0.2, -0.15) is 0 Å². The topological polar surface area (TPSA) is 56.0 Å². The Kier molecular flexibility index (Phi) is 7.94. The Bertz CT molecular complexity index is 695. The Labute approximate surface area is 168 Å². The van der Waals surface area contributed by atoms with Gasteiger partial charge < -0.3 is 20.0 Å². The average Bonchev–Trinajstić information content (AvgIpc) is 3.42. The first-order valence-electron chi connectivity index (χ1n) is 10.2. The molecule has 0 amide bonds. The van der Waals surface area contributed by atoms with Crippen LogP contribution in [0.3, 0.4) is 0 Å². The molecular formula is C22H33N5O. The standard InChI is InChI=1S/C22H33N5O/c1-23-22(24-12-15-26(2)18-19-9-4-3-5-10-19)25-17-20(21-11-8-16-28-21)27-13-6-7-14-27/h3-5,8-11,16,20H,6-7,12-15,17-18H2,1-2H3,(H2,23,24,25). The van der Waals surface area contributed by atoms with Crippen molar-refractivity contribution in [2.75, 3.05) is 46.8 Å². The summed E-state index contributed by atoms with van der Waals surface area (Å²) in [7, 11) is 3.96. The minimum absolute atomic E-state index is 0.247. The molecule has 2 heterocycles. The van der Waals surface area contributed by atoms with Crippen molar-refractivity contribution in [2.24, 2.45) is 4.99 Å². The van der Waals surface area contributed by atoms with Gasteiger partial charge in [-0.3, -0.25) is 9.89 Å². The smallest absolute Gasteiger partial charge is 0.191 e. The number of furan rings is 1. The summed E-state index contributed by atoms with van der Waals surface area (Å²) < 4.78 is 5.69. The van der Waals surface area contributed by atoms with E-state index >= 15 is 0 Å². The third-order valence-corrected chi connectivity index (χ3v) is 5.22. The van der Waals surface area contributed by atoms with Crippen molar-refractivity contribution in [3.63, 3.8) is 0 Å². The molecule has 1 aromatic carbocycles. The maximum atomic E-state index is 5.69. The van der Waals surface area contributed by atoms with Gasteiger partial charge in [-0.25, -0.2) is 0 Å². The summed E-state index contributed by atoms with van der Waals surface area (Å²) in [6, 6.07) is 14.8. The van der Waals surface area contributed by atoms with Crippen molar-refractivity contribution in [2.45, 2.75) is 25.4 Å². The first-order chi connectivity index (χ1) is 13.8. The molecular weight excluding hydrogens is 350 g/mol. The van der Waals surface area contributed by atoms with E-state index in [1.54, 1.807) is 6.26 Å². The molecule has 1 aromatic heterocycles. The zero-order valence-electron chi connectivity index (χ0n) is 17.1. The Morgan fingerprint density at radius 2 is 1.93 bits per heavy atom. The minimum Gasteiger partial charge on any atom is -0.468 e. The molecule has 1 unspecified atom stereocenters. The van der Waals surface area contributed by atoms with Crippen molar-refractivity contribution in [1.29, 1.82) is 0 Å². The maximum Gasteiger partial charge on any atom is 0.191 e. The number of guanidine groups is 1. The van der Waals surface area contributed by atoms with E-state index in [2.05, 4.69) is 68.9 Å². The van der Waals surface area contributed by atoms with Gasteiger partial charge in [-0.1, -0.05) is 30.3 Å². The molecule has 6 heteroatoms. The fourth-order valence-corrected chi connectivity index (χ4v) is 3.70. The van der Waals surface area contributed by atoms with Crippen LogP contribution in [0.15, 0.2) is 58.1 Å². The summed E-state index contributed by atoms with van der Waals surface area (Å²) in [6.45, 7) is 5.78. The van der Waals surface area contributed by atoms with E-state index in [1.807, 2.05) is 13.1 Å². The van der Waals surface area contributed by atoms with E-state index in [1.165, 1.54) is 18.4 Å². The summed E-state index contributed by atoms with van der Waals surface area (Å²) in [5, 5.41) is 6.90. The Morgan fingerprint density at radius 3 is 2.61 bits per heavy atom. The number of nitrogens with zero attached hydrogens (tertiary/aromatic N) is 3. The lowest BCUT2D eigenvalue weighted by Crippen LogP contribution is -2.44. The second-order valence-corrected chi connectivity index (χ2v) is 7.38. The summed E-state index contributed by atoms with van der Waals surface area (Å²) >= 11 is 0. The highest BCUT2D eigenvalue weighted by atomic mass is 16.3. The van der Waals surface area contributed by atoms with Crippen LogP contribution in [0.2, 0.25) is 0 Å². The average molecular weight is 384 g/mol. The van der Waals surface area contributed by atoms with E-state index in [4.69, 9.17) is 4.42 Å². The monoisotopic (exact) mass is 383 g/mol. The van der Waals surface area contributed by atoms with Crippen molar-refractivity contribution >= 4 is 5.96 Å². The van der Waals surface area contributed by atoms with Gasteiger partial charge in [0, 0.05) is 33.2 Å². The highest BCUT2D eigenvalue weighted by molar-refractivity contribution is 5.79. The Hall–Kier alpha value is -2.31. The third-order valence-electron chi connectivity index (χ3n) is 5.22. The minimum atomic E-state index is 0.247. The number of benzene rings is 1. The largest absolute Gasteiger partial charge is 0.468 e. The molecule has 0 radical (unpaired) electrons. The number of likely N-dealkylation sites (tertiary alicyclic amines) is 1. The number of likely N-dealkylation sites (N-methyl/N-ethyl adjacent to an activating group) is 1. The fourth-order valence-electron chi connectivity index (χ4n) is 3.70. The molecule has 1 atom stereocenters. The SMILES string of the molecule is CN=C(NCCN(C)Cc1ccccc1)NCC(c1ccco1)N1CCCC1. The Balaban J connectivity index is 1.43. The molecule has 2 aromatic rings. The zero-order chi connectivity index (χ0) is 19.6. The number of rotatable bonds is 9. The second kappa shape index (κ2) is 10.9. The van der Waals surface area contributed by atoms with Crippen molar-refractivity contribution in [1.82, 2.24) is 20.4 Å². The molecule has 6 nitrogen and oxygen atoms in total. The van der Waals surface area contributed by atoms with Crippen molar-refractivity contribution in [3.8, 4) is 0 Å². The van der Waals surface area contributed by atoms with Crippen LogP contribution in [0.25, 0.3) is 0 Å². The molecule has 1 aliphatic heterocycles. The lowest BCUT2D eigenvalue weighted by atomic mass is 10.2. The lowest BCUT2D eigenvalue weighted by molar-refractivity contribution is 0.215. The predicted octanol–water partition coefficient (Wildman–Crippen LogP) is 2.71. The molecule has 1 aliphatic rings. The van der Waals surface area contributed by atoms with Crippen LogP contribution in [0, 0.1) is 0 Å². The van der Waals surface area contributed by atoms with Crippen LogP contribution in [-0.2, 0) is 6.54 Å². The Morgan fingerprint density at radius 1 is 1.14 bits per heavy atom. The summed E-state index contributed by atoms with van der Waals surface area (Å²) in [5.41, 5.74) is 1.33. The maximum absolute atomic E-state index is 5.69. The van der Waals surface area contributed by atoms with Gasteiger partial charge in [0.1, 0.15) is 5.76 Å². The van der Waals surface area contributed by atoms with Crippen LogP contribution in [-0.4, -0.2) is 62.6 Å². The van der Waals surface area contributed by atoms with Gasteiger partial charge >= 0.3 is 0 Å². The normalized spacial score (nSPS) is 16.5. The molecule has 152 valence electrons. The fraction of sp³-hybridized carbons (Fsp3) is 0.500. The second-order valence-electron chi connectivity index (χ2n) is 7.38. The van der Waals surface area contributed by atoms with Gasteiger partial charge in [-0.15, -0.1) is 0 Å². The van der Waals surface area contributed by atoms with Crippen molar-refractivity contribution in [3.05, 3.63) is 60.1 Å². The van der Waals surface area contributed by atoms with Crippen LogP contribution in [0.4, 0.5) is 0 Å². The number of nitrogens with one attached hydrogen (secondary N) is 2. The van der Waals surface area contributed by atoms with Gasteiger partial charge in [0.25, 0.3) is 0 Å². The molecule has 0 spiro atoms. The number of hydrogen-bond donors (Lipinski definition) is 2. The first-order valence-corrected chi connectivity index (χ1v) is 10.2. The van der Waals surface area contributed by atoms with Gasteiger partial charge in [0.05, 0.1) is 12.3 Å². The van der Waals surface area contributed by atoms with E-state index in [0.717, 1.165) is 51.0 Å². The van der Waals surface area contributed by atoms with Crippen LogP contribution >= 0.6 is 0 Å². The van der Waals surface area contributed by atoms with Gasteiger partial charge in [0.2, 0.25) is 0 Å².